The number of ether oxygens (including phenoxy) is 4. The highest BCUT2D eigenvalue weighted by molar-refractivity contribution is 5.75. The SMILES string of the molecule is COc1ccc(COC(C/C=C/COC(=O)C(C)(C)C)C(O)/C=C\C2CC(C)=CCO2)cc1. The van der Waals surface area contributed by atoms with Crippen molar-refractivity contribution in [3.63, 3.8) is 0 Å². The van der Waals surface area contributed by atoms with E-state index < -0.39 is 17.6 Å². The van der Waals surface area contributed by atoms with Gasteiger partial charge in [0.15, 0.2) is 0 Å². The van der Waals surface area contributed by atoms with Gasteiger partial charge in [0, 0.05) is 0 Å². The van der Waals surface area contributed by atoms with Crippen molar-refractivity contribution < 1.29 is 28.8 Å². The summed E-state index contributed by atoms with van der Waals surface area (Å²) in [7, 11) is 1.63. The first-order valence-electron chi connectivity index (χ1n) is 11.4. The first-order chi connectivity index (χ1) is 15.7. The second-order valence-corrected chi connectivity index (χ2v) is 9.25. The molecule has 3 atom stereocenters. The van der Waals surface area contributed by atoms with Gasteiger partial charge in [-0.15, -0.1) is 0 Å². The molecule has 2 rings (SSSR count). The van der Waals surface area contributed by atoms with E-state index in [2.05, 4.69) is 13.0 Å². The second kappa shape index (κ2) is 13.3. The number of esters is 1. The molecular weight excluding hydrogens is 420 g/mol. The normalized spacial score (nSPS) is 18.8. The Bertz CT molecular complexity index is 816. The number of aliphatic hydroxyl groups is 1. The number of aliphatic hydroxyl groups excluding tert-OH is 1. The van der Waals surface area contributed by atoms with E-state index in [1.807, 2.05) is 57.2 Å². The minimum Gasteiger partial charge on any atom is -0.497 e. The minimum atomic E-state index is -0.806. The molecule has 182 valence electrons. The van der Waals surface area contributed by atoms with Crippen molar-refractivity contribution in [3.05, 3.63) is 65.8 Å². The van der Waals surface area contributed by atoms with Crippen molar-refractivity contribution in [1.82, 2.24) is 0 Å². The third-order valence-electron chi connectivity index (χ3n) is 5.25. The van der Waals surface area contributed by atoms with Crippen molar-refractivity contribution in [2.45, 2.75) is 65.5 Å². The Morgan fingerprint density at radius 2 is 1.97 bits per heavy atom. The summed E-state index contributed by atoms with van der Waals surface area (Å²) in [6.45, 7) is 8.67. The van der Waals surface area contributed by atoms with Gasteiger partial charge in [0.2, 0.25) is 0 Å². The van der Waals surface area contributed by atoms with Crippen LogP contribution in [0.5, 0.6) is 5.75 Å². The fourth-order valence-electron chi connectivity index (χ4n) is 3.13. The molecule has 1 aliphatic rings. The lowest BCUT2D eigenvalue weighted by atomic mass is 9.97. The van der Waals surface area contributed by atoms with Crippen molar-refractivity contribution in [1.29, 1.82) is 0 Å². The highest BCUT2D eigenvalue weighted by atomic mass is 16.5. The molecule has 1 aromatic rings. The van der Waals surface area contributed by atoms with Crippen LogP contribution in [0.25, 0.3) is 0 Å². The number of carbonyl (C=O) groups excluding carboxylic acids is 1. The molecule has 0 bridgehead atoms. The lowest BCUT2D eigenvalue weighted by Gasteiger charge is -2.22. The molecule has 0 aromatic heterocycles. The molecule has 0 saturated heterocycles. The fourth-order valence-corrected chi connectivity index (χ4v) is 3.13. The third-order valence-corrected chi connectivity index (χ3v) is 5.25. The van der Waals surface area contributed by atoms with Crippen molar-refractivity contribution in [2.75, 3.05) is 20.3 Å². The molecule has 0 radical (unpaired) electrons. The largest absolute Gasteiger partial charge is 0.497 e. The van der Waals surface area contributed by atoms with Gasteiger partial charge in [0.05, 0.1) is 44.1 Å². The smallest absolute Gasteiger partial charge is 0.311 e. The minimum absolute atomic E-state index is 0.0424. The molecule has 3 unspecified atom stereocenters. The van der Waals surface area contributed by atoms with E-state index in [1.165, 1.54) is 5.57 Å². The Labute approximate surface area is 197 Å². The van der Waals surface area contributed by atoms with E-state index in [-0.39, 0.29) is 18.7 Å². The first kappa shape index (κ1) is 26.8. The molecule has 1 aliphatic heterocycles. The van der Waals surface area contributed by atoms with E-state index >= 15 is 0 Å². The quantitative estimate of drug-likeness (QED) is 0.380. The molecule has 0 fully saturated rings. The summed E-state index contributed by atoms with van der Waals surface area (Å²) in [5.41, 5.74) is 1.73. The Morgan fingerprint density at radius 1 is 1.24 bits per heavy atom. The van der Waals surface area contributed by atoms with Gasteiger partial charge in [-0.25, -0.2) is 0 Å². The van der Waals surface area contributed by atoms with E-state index in [1.54, 1.807) is 19.3 Å². The maximum Gasteiger partial charge on any atom is 0.311 e. The lowest BCUT2D eigenvalue weighted by molar-refractivity contribution is -0.151. The summed E-state index contributed by atoms with van der Waals surface area (Å²) < 4.78 is 22.2. The number of rotatable bonds is 11. The zero-order chi connectivity index (χ0) is 24.3. The second-order valence-electron chi connectivity index (χ2n) is 9.25. The van der Waals surface area contributed by atoms with Crippen LogP contribution in [0, 0.1) is 5.41 Å². The Morgan fingerprint density at radius 3 is 2.61 bits per heavy atom. The van der Waals surface area contributed by atoms with Gasteiger partial charge >= 0.3 is 5.97 Å². The highest BCUT2D eigenvalue weighted by Crippen LogP contribution is 2.18. The Hall–Kier alpha value is -2.41. The standard InChI is InChI=1S/C27H38O6/c1-20-15-17-31-23(18-20)13-14-24(28)25(8-6-7-16-32-26(29)27(2,3)4)33-19-21-9-11-22(30-5)12-10-21/h6-7,9-15,23-25,28H,8,16-19H2,1-5H3/b7-6+,14-13-. The van der Waals surface area contributed by atoms with Crippen LogP contribution in [0.2, 0.25) is 0 Å². The van der Waals surface area contributed by atoms with E-state index in [4.69, 9.17) is 18.9 Å². The molecule has 1 heterocycles. The maximum atomic E-state index is 11.9. The van der Waals surface area contributed by atoms with Gasteiger partial charge in [-0.3, -0.25) is 4.79 Å². The summed E-state index contributed by atoms with van der Waals surface area (Å²) in [5.74, 6) is 0.530. The van der Waals surface area contributed by atoms with E-state index in [0.29, 0.717) is 19.6 Å². The summed E-state index contributed by atoms with van der Waals surface area (Å²) >= 11 is 0. The molecule has 1 N–H and O–H groups in total. The van der Waals surface area contributed by atoms with Gasteiger partial charge in [-0.05, 0) is 58.2 Å². The third kappa shape index (κ3) is 9.95. The van der Waals surface area contributed by atoms with Crippen LogP contribution < -0.4 is 4.74 Å². The molecule has 0 aliphatic carbocycles. The highest BCUT2D eigenvalue weighted by Gasteiger charge is 2.22. The van der Waals surface area contributed by atoms with E-state index in [0.717, 1.165) is 17.7 Å². The monoisotopic (exact) mass is 458 g/mol. The molecule has 33 heavy (non-hydrogen) atoms. The van der Waals surface area contributed by atoms with Gasteiger partial charge in [-0.1, -0.05) is 48.1 Å². The summed E-state index contributed by atoms with van der Waals surface area (Å²) in [6, 6.07) is 7.63. The van der Waals surface area contributed by atoms with Gasteiger partial charge < -0.3 is 24.1 Å². The van der Waals surface area contributed by atoms with Crippen molar-refractivity contribution >= 4 is 5.97 Å². The summed E-state index contributed by atoms with van der Waals surface area (Å²) in [6.07, 6.45) is 9.35. The van der Waals surface area contributed by atoms with Crippen LogP contribution in [0.1, 0.15) is 46.1 Å². The van der Waals surface area contributed by atoms with Gasteiger partial charge in [0.1, 0.15) is 12.4 Å². The molecule has 0 spiro atoms. The van der Waals surface area contributed by atoms with Crippen LogP contribution in [-0.4, -0.2) is 49.7 Å². The van der Waals surface area contributed by atoms with Gasteiger partial charge in [-0.2, -0.15) is 0 Å². The molecule has 6 heteroatoms. The predicted octanol–water partition coefficient (Wildman–Crippen LogP) is 4.77. The topological polar surface area (TPSA) is 74.2 Å². The first-order valence-corrected chi connectivity index (χ1v) is 11.4. The zero-order valence-electron chi connectivity index (χ0n) is 20.5. The lowest BCUT2D eigenvalue weighted by Crippen LogP contribution is -2.27. The maximum absolute atomic E-state index is 11.9. The van der Waals surface area contributed by atoms with Gasteiger partial charge in [0.25, 0.3) is 0 Å². The molecular formula is C27H38O6. The van der Waals surface area contributed by atoms with Crippen molar-refractivity contribution in [2.24, 2.45) is 5.41 Å². The number of hydrogen-bond acceptors (Lipinski definition) is 6. The number of carbonyl (C=O) groups is 1. The summed E-state index contributed by atoms with van der Waals surface area (Å²) in [5, 5.41) is 10.8. The summed E-state index contributed by atoms with van der Waals surface area (Å²) in [4.78, 5) is 11.9. The zero-order valence-corrected chi connectivity index (χ0v) is 20.5. The van der Waals surface area contributed by atoms with Crippen LogP contribution in [0.3, 0.4) is 0 Å². The number of hydrogen-bond donors (Lipinski definition) is 1. The number of benzene rings is 1. The Kier molecular flexibility index (Phi) is 10.8. The molecule has 1 aromatic carbocycles. The average Bonchev–Trinajstić information content (AvgIpc) is 2.78. The molecule has 0 saturated carbocycles. The van der Waals surface area contributed by atoms with Crippen LogP contribution in [-0.2, 0) is 25.6 Å². The van der Waals surface area contributed by atoms with Crippen LogP contribution >= 0.6 is 0 Å². The Balaban J connectivity index is 1.95. The molecule has 6 nitrogen and oxygen atoms in total. The fraction of sp³-hybridized carbons (Fsp3) is 0.519. The van der Waals surface area contributed by atoms with E-state index in [9.17, 15) is 9.90 Å². The molecule has 0 amide bonds. The average molecular weight is 459 g/mol. The number of methoxy groups -OCH3 is 1. The van der Waals surface area contributed by atoms with Crippen LogP contribution in [0.15, 0.2) is 60.2 Å². The van der Waals surface area contributed by atoms with Crippen LogP contribution in [0.4, 0.5) is 0 Å². The van der Waals surface area contributed by atoms with Crippen molar-refractivity contribution in [3.8, 4) is 5.75 Å². The predicted molar refractivity (Wildman–Crippen MR) is 129 cm³/mol.